The van der Waals surface area contributed by atoms with Crippen LogP contribution in [-0.2, 0) is 4.74 Å². The number of aromatic nitrogens is 3. The molecule has 0 unspecified atom stereocenters. The summed E-state index contributed by atoms with van der Waals surface area (Å²) < 4.78 is 13.7. The first-order chi connectivity index (χ1) is 15.1. The van der Waals surface area contributed by atoms with Crippen LogP contribution < -0.4 is 4.74 Å². The number of rotatable bonds is 6. The van der Waals surface area contributed by atoms with Crippen LogP contribution in [0.3, 0.4) is 0 Å². The van der Waals surface area contributed by atoms with E-state index in [2.05, 4.69) is 4.98 Å². The first-order valence-electron chi connectivity index (χ1n) is 11.1. The van der Waals surface area contributed by atoms with Crippen LogP contribution in [0.1, 0.15) is 67.0 Å². The molecule has 162 valence electrons. The number of fused-ring (bicyclic) bond motifs is 1. The van der Waals surface area contributed by atoms with Crippen LogP contribution in [0.25, 0.3) is 16.7 Å². The Bertz CT molecular complexity index is 1080. The highest BCUT2D eigenvalue weighted by molar-refractivity contribution is 5.94. The maximum Gasteiger partial charge on any atom is 0.354 e. The molecule has 7 heteroatoms. The van der Waals surface area contributed by atoms with Gasteiger partial charge in [-0.2, -0.15) is 5.10 Å². The zero-order chi connectivity index (χ0) is 21.4. The SMILES string of the molecule is CO[C@H]1CC[C@H](Oc2cc(C(=O)O)nc3c2c(C2CCC2)nn3-c2ccccc2)CC1. The quantitative estimate of drug-likeness (QED) is 0.620. The third kappa shape index (κ3) is 3.78. The number of hydrogen-bond donors (Lipinski definition) is 1. The van der Waals surface area contributed by atoms with Crippen LogP contribution in [0, 0.1) is 0 Å². The Balaban J connectivity index is 1.63. The highest BCUT2D eigenvalue weighted by Gasteiger charge is 2.31. The van der Waals surface area contributed by atoms with Gasteiger partial charge in [-0.15, -0.1) is 0 Å². The summed E-state index contributed by atoms with van der Waals surface area (Å²) in [5.74, 6) is -0.121. The third-order valence-corrected chi connectivity index (χ3v) is 6.59. The smallest absolute Gasteiger partial charge is 0.354 e. The van der Waals surface area contributed by atoms with Crippen molar-refractivity contribution >= 4 is 17.0 Å². The number of ether oxygens (including phenoxy) is 2. The van der Waals surface area contributed by atoms with Crippen molar-refractivity contribution < 1.29 is 19.4 Å². The Hall–Kier alpha value is -2.93. The third-order valence-electron chi connectivity index (χ3n) is 6.59. The van der Waals surface area contributed by atoms with Crippen molar-refractivity contribution in [1.29, 1.82) is 0 Å². The molecule has 2 aromatic heterocycles. The summed E-state index contributed by atoms with van der Waals surface area (Å²) in [7, 11) is 1.75. The Labute approximate surface area is 181 Å². The fourth-order valence-electron chi connectivity index (χ4n) is 4.59. The Morgan fingerprint density at radius 3 is 2.39 bits per heavy atom. The maximum absolute atomic E-state index is 11.9. The number of benzene rings is 1. The van der Waals surface area contributed by atoms with Gasteiger partial charge in [0, 0.05) is 19.1 Å². The molecule has 31 heavy (non-hydrogen) atoms. The van der Waals surface area contributed by atoms with Crippen LogP contribution in [0.2, 0.25) is 0 Å². The number of pyridine rings is 1. The van der Waals surface area contributed by atoms with Gasteiger partial charge in [0.05, 0.1) is 29.0 Å². The monoisotopic (exact) mass is 421 g/mol. The minimum absolute atomic E-state index is 0.0229. The van der Waals surface area contributed by atoms with Crippen molar-refractivity contribution in [2.75, 3.05) is 7.11 Å². The van der Waals surface area contributed by atoms with E-state index in [0.29, 0.717) is 17.3 Å². The van der Waals surface area contributed by atoms with Crippen LogP contribution in [0.15, 0.2) is 36.4 Å². The van der Waals surface area contributed by atoms with Gasteiger partial charge in [0.15, 0.2) is 11.3 Å². The topological polar surface area (TPSA) is 86.5 Å². The van der Waals surface area contributed by atoms with E-state index in [-0.39, 0.29) is 17.9 Å². The lowest BCUT2D eigenvalue weighted by atomic mass is 9.82. The molecule has 0 amide bonds. The molecular formula is C24H27N3O4. The van der Waals surface area contributed by atoms with Crippen LogP contribution in [-0.4, -0.2) is 45.2 Å². The summed E-state index contributed by atoms with van der Waals surface area (Å²) in [6, 6.07) is 11.3. The predicted octanol–water partition coefficient (Wildman–Crippen LogP) is 4.72. The van der Waals surface area contributed by atoms with Crippen molar-refractivity contribution in [2.45, 2.75) is 63.1 Å². The van der Waals surface area contributed by atoms with Gasteiger partial charge in [0.1, 0.15) is 5.75 Å². The van der Waals surface area contributed by atoms with Crippen LogP contribution in [0.4, 0.5) is 0 Å². The molecule has 1 N–H and O–H groups in total. The summed E-state index contributed by atoms with van der Waals surface area (Å²) >= 11 is 0. The van der Waals surface area contributed by atoms with Crippen molar-refractivity contribution in [3.05, 3.63) is 47.8 Å². The van der Waals surface area contributed by atoms with E-state index in [1.165, 1.54) is 6.42 Å². The lowest BCUT2D eigenvalue weighted by Crippen LogP contribution is -2.28. The number of nitrogens with zero attached hydrogens (tertiary/aromatic N) is 3. The minimum atomic E-state index is -1.07. The normalized spacial score (nSPS) is 21.7. The zero-order valence-electron chi connectivity index (χ0n) is 17.7. The highest BCUT2D eigenvalue weighted by atomic mass is 16.5. The molecule has 2 saturated carbocycles. The second-order valence-corrected chi connectivity index (χ2v) is 8.52. The number of carbonyl (C=O) groups is 1. The number of methoxy groups -OCH3 is 1. The van der Waals surface area contributed by atoms with E-state index in [4.69, 9.17) is 14.6 Å². The second kappa shape index (κ2) is 8.30. The summed E-state index contributed by atoms with van der Waals surface area (Å²) in [6.45, 7) is 0. The Morgan fingerprint density at radius 2 is 1.77 bits per heavy atom. The lowest BCUT2D eigenvalue weighted by molar-refractivity contribution is 0.0331. The van der Waals surface area contributed by atoms with Gasteiger partial charge >= 0.3 is 5.97 Å². The first kappa shape index (κ1) is 20.0. The lowest BCUT2D eigenvalue weighted by Gasteiger charge is -2.29. The Kier molecular flexibility index (Phi) is 5.36. The van der Waals surface area contributed by atoms with Gasteiger partial charge in [-0.1, -0.05) is 24.6 Å². The molecule has 2 aliphatic rings. The summed E-state index contributed by atoms with van der Waals surface area (Å²) in [5, 5.41) is 15.5. The average molecular weight is 421 g/mol. The highest BCUT2D eigenvalue weighted by Crippen LogP contribution is 2.43. The van der Waals surface area contributed by atoms with Crippen molar-refractivity contribution in [1.82, 2.24) is 14.8 Å². The predicted molar refractivity (Wildman–Crippen MR) is 116 cm³/mol. The number of para-hydroxylation sites is 1. The average Bonchev–Trinajstić information content (AvgIpc) is 3.13. The summed E-state index contributed by atoms with van der Waals surface area (Å²) in [4.78, 5) is 16.4. The maximum atomic E-state index is 11.9. The van der Waals surface area contributed by atoms with Crippen molar-refractivity contribution in [3.8, 4) is 11.4 Å². The molecule has 2 fully saturated rings. The van der Waals surface area contributed by atoms with Gasteiger partial charge in [-0.3, -0.25) is 0 Å². The molecule has 0 spiro atoms. The Morgan fingerprint density at radius 1 is 1.06 bits per heavy atom. The zero-order valence-corrected chi connectivity index (χ0v) is 17.7. The fourth-order valence-corrected chi connectivity index (χ4v) is 4.59. The molecule has 2 heterocycles. The molecule has 0 bridgehead atoms. The molecule has 7 nitrogen and oxygen atoms in total. The molecule has 1 aromatic carbocycles. The minimum Gasteiger partial charge on any atom is -0.490 e. The molecule has 2 aliphatic carbocycles. The van der Waals surface area contributed by atoms with E-state index in [1.807, 2.05) is 30.3 Å². The van der Waals surface area contributed by atoms with E-state index < -0.39 is 5.97 Å². The van der Waals surface area contributed by atoms with E-state index >= 15 is 0 Å². The molecule has 0 saturated heterocycles. The summed E-state index contributed by atoms with van der Waals surface area (Å²) in [5.41, 5.74) is 2.36. The fraction of sp³-hybridized carbons (Fsp3) is 0.458. The van der Waals surface area contributed by atoms with Crippen LogP contribution in [0.5, 0.6) is 5.75 Å². The van der Waals surface area contributed by atoms with E-state index in [1.54, 1.807) is 17.9 Å². The summed E-state index contributed by atoms with van der Waals surface area (Å²) in [6.07, 6.45) is 7.32. The first-order valence-corrected chi connectivity index (χ1v) is 11.1. The van der Waals surface area contributed by atoms with Gasteiger partial charge in [-0.25, -0.2) is 14.5 Å². The molecule has 0 atom stereocenters. The molecule has 0 radical (unpaired) electrons. The van der Waals surface area contributed by atoms with E-state index in [9.17, 15) is 9.90 Å². The van der Waals surface area contributed by atoms with Crippen molar-refractivity contribution in [2.24, 2.45) is 0 Å². The second-order valence-electron chi connectivity index (χ2n) is 8.52. The molecule has 5 rings (SSSR count). The van der Waals surface area contributed by atoms with Crippen molar-refractivity contribution in [3.63, 3.8) is 0 Å². The van der Waals surface area contributed by atoms with Crippen LogP contribution >= 0.6 is 0 Å². The number of carboxylic acids is 1. The largest absolute Gasteiger partial charge is 0.490 e. The van der Waals surface area contributed by atoms with Gasteiger partial charge in [0.25, 0.3) is 0 Å². The van der Waals surface area contributed by atoms with Gasteiger partial charge < -0.3 is 14.6 Å². The number of aromatic carboxylic acids is 1. The number of hydrogen-bond acceptors (Lipinski definition) is 5. The van der Waals surface area contributed by atoms with Gasteiger partial charge in [0.2, 0.25) is 0 Å². The van der Waals surface area contributed by atoms with Gasteiger partial charge in [-0.05, 0) is 50.7 Å². The van der Waals surface area contributed by atoms with E-state index in [0.717, 1.165) is 55.3 Å². The standard InChI is InChI=1S/C24H27N3O4/c1-30-17-10-12-18(13-11-17)31-20-14-19(24(28)29)25-23-21(20)22(15-6-5-7-15)26-27(23)16-8-3-2-4-9-16/h2-4,8-9,14-15,17-18H,5-7,10-13H2,1H3,(H,28,29)/t17-,18-. The molecule has 0 aliphatic heterocycles. The number of carboxylic acid groups (broad SMARTS) is 1. The molecular weight excluding hydrogens is 394 g/mol. The molecule has 3 aromatic rings.